The van der Waals surface area contributed by atoms with E-state index in [9.17, 15) is 4.79 Å². The van der Waals surface area contributed by atoms with Gasteiger partial charge in [-0.3, -0.25) is 0 Å². The van der Waals surface area contributed by atoms with E-state index >= 15 is 0 Å². The summed E-state index contributed by atoms with van der Waals surface area (Å²) >= 11 is 5.47. The maximum Gasteiger partial charge on any atom is 0.340 e. The van der Waals surface area contributed by atoms with Crippen molar-refractivity contribution in [3.05, 3.63) is 58.2 Å². The van der Waals surface area contributed by atoms with Gasteiger partial charge >= 0.3 is 5.97 Å². The van der Waals surface area contributed by atoms with Gasteiger partial charge < -0.3 is 18.9 Å². The SMILES string of the molecule is CCN(CC)CCCOC(=O)c1c(CSc2ccccc2)n(C2CCCCC2)c2cc(Br)c(OC)cc12. The number of ether oxygens (including phenoxy) is 2. The van der Waals surface area contributed by atoms with Crippen LogP contribution in [0.4, 0.5) is 0 Å². The van der Waals surface area contributed by atoms with Crippen LogP contribution >= 0.6 is 27.7 Å². The Kier molecular flexibility index (Phi) is 10.4. The fraction of sp³-hybridized carbons (Fsp3) is 0.500. The first-order valence-corrected chi connectivity index (χ1v) is 15.3. The van der Waals surface area contributed by atoms with Crippen molar-refractivity contribution in [2.24, 2.45) is 0 Å². The smallest absolute Gasteiger partial charge is 0.340 e. The average molecular weight is 588 g/mol. The molecule has 0 amide bonds. The molecule has 0 atom stereocenters. The average Bonchev–Trinajstić information content (AvgIpc) is 3.25. The molecule has 7 heteroatoms. The molecule has 2 aromatic carbocycles. The van der Waals surface area contributed by atoms with Crippen molar-refractivity contribution in [3.63, 3.8) is 0 Å². The number of rotatable bonds is 12. The highest BCUT2D eigenvalue weighted by molar-refractivity contribution is 9.10. The van der Waals surface area contributed by atoms with Gasteiger partial charge in [0.1, 0.15) is 5.75 Å². The van der Waals surface area contributed by atoms with Gasteiger partial charge in [0.25, 0.3) is 0 Å². The molecule has 0 aliphatic heterocycles. The number of aromatic nitrogens is 1. The van der Waals surface area contributed by atoms with Gasteiger partial charge in [-0.15, -0.1) is 11.8 Å². The maximum absolute atomic E-state index is 13.7. The number of thioether (sulfide) groups is 1. The zero-order valence-electron chi connectivity index (χ0n) is 22.3. The second kappa shape index (κ2) is 13.7. The van der Waals surface area contributed by atoms with Crippen LogP contribution in [0.5, 0.6) is 5.75 Å². The van der Waals surface area contributed by atoms with E-state index in [1.165, 1.54) is 24.2 Å². The molecular formula is C30H39BrN2O3S. The maximum atomic E-state index is 13.7. The number of fused-ring (bicyclic) bond motifs is 1. The van der Waals surface area contributed by atoms with E-state index in [-0.39, 0.29) is 5.97 Å². The van der Waals surface area contributed by atoms with Crippen LogP contribution in [0.1, 0.15) is 74.5 Å². The Bertz CT molecular complexity index is 1170. The van der Waals surface area contributed by atoms with Crippen molar-refractivity contribution in [2.45, 2.75) is 69.1 Å². The Hall–Kier alpha value is -1.96. The fourth-order valence-corrected chi connectivity index (χ4v) is 6.81. The van der Waals surface area contributed by atoms with E-state index in [2.05, 4.69) is 69.6 Å². The zero-order chi connectivity index (χ0) is 26.2. The summed E-state index contributed by atoms with van der Waals surface area (Å²) in [6.07, 6.45) is 6.82. The van der Waals surface area contributed by atoms with Crippen molar-refractivity contribution < 1.29 is 14.3 Å². The number of carbonyl (C=O) groups is 1. The predicted molar refractivity (Wildman–Crippen MR) is 157 cm³/mol. The molecule has 200 valence electrons. The molecule has 1 aliphatic rings. The Balaban J connectivity index is 1.74. The molecule has 3 aromatic rings. The van der Waals surface area contributed by atoms with Crippen LogP contribution in [-0.4, -0.2) is 48.8 Å². The van der Waals surface area contributed by atoms with Gasteiger partial charge in [0.2, 0.25) is 0 Å². The third-order valence-corrected chi connectivity index (χ3v) is 9.03. The molecule has 37 heavy (non-hydrogen) atoms. The Morgan fingerprint density at radius 2 is 1.84 bits per heavy atom. The zero-order valence-corrected chi connectivity index (χ0v) is 24.7. The molecule has 1 aromatic heterocycles. The van der Waals surface area contributed by atoms with Crippen molar-refractivity contribution in [3.8, 4) is 5.75 Å². The fourth-order valence-electron chi connectivity index (χ4n) is 5.38. The number of nitrogens with zero attached hydrogens (tertiary/aromatic N) is 2. The number of hydrogen-bond acceptors (Lipinski definition) is 5. The first-order valence-electron chi connectivity index (χ1n) is 13.5. The highest BCUT2D eigenvalue weighted by Crippen LogP contribution is 2.42. The van der Waals surface area contributed by atoms with Crippen molar-refractivity contribution >= 4 is 44.6 Å². The van der Waals surface area contributed by atoms with E-state index < -0.39 is 0 Å². The van der Waals surface area contributed by atoms with Gasteiger partial charge in [-0.1, -0.05) is 51.3 Å². The van der Waals surface area contributed by atoms with Gasteiger partial charge in [-0.05, 0) is 72.5 Å². The highest BCUT2D eigenvalue weighted by Gasteiger charge is 2.29. The number of carbonyl (C=O) groups excluding carboxylic acids is 1. The van der Waals surface area contributed by atoms with Gasteiger partial charge in [0.15, 0.2) is 0 Å². The standard InChI is InChI=1S/C30H39BrN2O3S/c1-4-32(5-2)17-12-18-36-30(34)29-24-19-28(35-3)25(31)20-26(24)33(22-13-8-6-9-14-22)27(29)21-37-23-15-10-7-11-16-23/h7,10-11,15-16,19-20,22H,4-6,8-9,12-14,17-18,21H2,1-3H3. The molecule has 1 saturated carbocycles. The van der Waals surface area contributed by atoms with Crippen LogP contribution in [0.15, 0.2) is 51.8 Å². The van der Waals surface area contributed by atoms with Crippen LogP contribution in [0.25, 0.3) is 10.9 Å². The number of benzene rings is 2. The molecule has 4 rings (SSSR count). The lowest BCUT2D eigenvalue weighted by Gasteiger charge is -2.27. The lowest BCUT2D eigenvalue weighted by Crippen LogP contribution is -2.25. The minimum atomic E-state index is -0.229. The van der Waals surface area contributed by atoms with Crippen LogP contribution in [0.2, 0.25) is 0 Å². The predicted octanol–water partition coefficient (Wildman–Crippen LogP) is 8.10. The summed E-state index contributed by atoms with van der Waals surface area (Å²) in [5, 5.41) is 0.919. The molecule has 0 N–H and O–H groups in total. The summed E-state index contributed by atoms with van der Waals surface area (Å²) in [4.78, 5) is 17.3. The van der Waals surface area contributed by atoms with E-state index in [1.807, 2.05) is 12.1 Å². The molecule has 1 fully saturated rings. The second-order valence-corrected chi connectivity index (χ2v) is 11.5. The highest BCUT2D eigenvalue weighted by atomic mass is 79.9. The van der Waals surface area contributed by atoms with Crippen LogP contribution in [0.3, 0.4) is 0 Å². The Labute approximate surface area is 234 Å². The first kappa shape index (κ1) is 28.1. The quantitative estimate of drug-likeness (QED) is 0.122. The molecular weight excluding hydrogens is 548 g/mol. The number of methoxy groups -OCH3 is 1. The summed E-state index contributed by atoms with van der Waals surface area (Å²) in [7, 11) is 1.67. The number of halogens is 1. The number of esters is 1. The van der Waals surface area contributed by atoms with E-state index in [4.69, 9.17) is 9.47 Å². The molecule has 0 saturated heterocycles. The Morgan fingerprint density at radius 1 is 1.11 bits per heavy atom. The largest absolute Gasteiger partial charge is 0.496 e. The minimum Gasteiger partial charge on any atom is -0.496 e. The second-order valence-electron chi connectivity index (χ2n) is 9.61. The van der Waals surface area contributed by atoms with E-state index in [0.29, 0.717) is 24.0 Å². The molecule has 5 nitrogen and oxygen atoms in total. The molecule has 0 radical (unpaired) electrons. The van der Waals surface area contributed by atoms with E-state index in [1.54, 1.807) is 18.9 Å². The lowest BCUT2D eigenvalue weighted by molar-refractivity contribution is 0.0490. The monoisotopic (exact) mass is 586 g/mol. The third kappa shape index (κ3) is 6.73. The molecule has 1 heterocycles. The molecule has 0 bridgehead atoms. The summed E-state index contributed by atoms with van der Waals surface area (Å²) in [5.41, 5.74) is 2.83. The first-order chi connectivity index (χ1) is 18.1. The van der Waals surface area contributed by atoms with Crippen LogP contribution in [0, 0.1) is 0 Å². The topological polar surface area (TPSA) is 43.7 Å². The Morgan fingerprint density at radius 3 is 2.51 bits per heavy atom. The number of hydrogen-bond donors (Lipinski definition) is 0. The summed E-state index contributed by atoms with van der Waals surface area (Å²) in [5.74, 6) is 1.21. The third-order valence-electron chi connectivity index (χ3n) is 7.39. The van der Waals surface area contributed by atoms with Crippen LogP contribution in [-0.2, 0) is 10.5 Å². The summed E-state index contributed by atoms with van der Waals surface area (Å²) < 4.78 is 14.9. The van der Waals surface area contributed by atoms with Crippen LogP contribution < -0.4 is 4.74 Å². The van der Waals surface area contributed by atoms with Crippen molar-refractivity contribution in [2.75, 3.05) is 33.4 Å². The van der Waals surface area contributed by atoms with Gasteiger partial charge in [-0.25, -0.2) is 4.79 Å². The minimum absolute atomic E-state index is 0.229. The molecule has 1 aliphatic carbocycles. The summed E-state index contributed by atoms with van der Waals surface area (Å²) in [6.45, 7) is 7.70. The lowest BCUT2D eigenvalue weighted by atomic mass is 9.95. The molecule has 0 unspecified atom stereocenters. The summed E-state index contributed by atoms with van der Waals surface area (Å²) in [6, 6.07) is 14.9. The van der Waals surface area contributed by atoms with Gasteiger partial charge in [0.05, 0.1) is 29.3 Å². The molecule has 0 spiro atoms. The van der Waals surface area contributed by atoms with Gasteiger partial charge in [-0.2, -0.15) is 0 Å². The van der Waals surface area contributed by atoms with Gasteiger partial charge in [0, 0.05) is 34.3 Å². The normalized spacial score (nSPS) is 14.4. The van der Waals surface area contributed by atoms with Crippen molar-refractivity contribution in [1.29, 1.82) is 0 Å². The van der Waals surface area contributed by atoms with Crippen molar-refractivity contribution in [1.82, 2.24) is 9.47 Å². The van der Waals surface area contributed by atoms with E-state index in [0.717, 1.165) is 65.7 Å².